The lowest BCUT2D eigenvalue weighted by atomic mass is 10.1. The molecule has 1 N–H and O–H groups in total. The molecular formula is C24H17ClF3N3O2S. The minimum Gasteiger partial charge on any atom is -0.318 e. The Morgan fingerprint density at radius 1 is 1.00 bits per heavy atom. The summed E-state index contributed by atoms with van der Waals surface area (Å²) in [5.74, 6) is -1.29. The number of anilines is 1. The molecule has 174 valence electrons. The van der Waals surface area contributed by atoms with Gasteiger partial charge in [-0.1, -0.05) is 17.7 Å². The smallest absolute Gasteiger partial charge is 0.318 e. The van der Waals surface area contributed by atoms with Gasteiger partial charge >= 0.3 is 6.18 Å². The van der Waals surface area contributed by atoms with Crippen LogP contribution in [-0.2, 0) is 15.8 Å². The average molecular weight is 504 g/mol. The topological polar surface area (TPSA) is 54.3 Å². The zero-order valence-corrected chi connectivity index (χ0v) is 19.5. The maximum absolute atomic E-state index is 13.2. The van der Waals surface area contributed by atoms with Gasteiger partial charge in [-0.15, -0.1) is 0 Å². The molecule has 0 atom stereocenters. The number of aryl methyl sites for hydroxylation is 1. The predicted molar refractivity (Wildman–Crippen MR) is 128 cm³/mol. The van der Waals surface area contributed by atoms with E-state index < -0.39 is 23.6 Å². The van der Waals surface area contributed by atoms with Crippen LogP contribution in [0.4, 0.5) is 18.9 Å². The summed E-state index contributed by atoms with van der Waals surface area (Å²) >= 11 is 11.1. The zero-order chi connectivity index (χ0) is 24.8. The number of rotatable bonds is 3. The summed E-state index contributed by atoms with van der Waals surface area (Å²) in [6.07, 6.45) is -3.07. The van der Waals surface area contributed by atoms with Crippen LogP contribution in [0.25, 0.3) is 11.8 Å². The first-order valence-electron chi connectivity index (χ1n) is 10.0. The van der Waals surface area contributed by atoms with Crippen molar-refractivity contribution in [2.24, 2.45) is 0 Å². The Kier molecular flexibility index (Phi) is 6.09. The van der Waals surface area contributed by atoms with E-state index >= 15 is 0 Å². The van der Waals surface area contributed by atoms with Gasteiger partial charge in [0.05, 0.1) is 11.3 Å². The average Bonchev–Trinajstić information content (AvgIpc) is 3.04. The van der Waals surface area contributed by atoms with Crippen LogP contribution < -0.4 is 10.2 Å². The maximum Gasteiger partial charge on any atom is 0.416 e. The van der Waals surface area contributed by atoms with E-state index in [2.05, 4.69) is 5.32 Å². The maximum atomic E-state index is 13.2. The molecule has 1 fully saturated rings. The second-order valence-corrected chi connectivity index (χ2v) is 8.47. The van der Waals surface area contributed by atoms with Crippen LogP contribution in [0, 0.1) is 13.8 Å². The standard InChI is InChI=1S/C24H17ClF3N3O2S/c1-13-10-15(14(2)30(13)19-5-3-4-16(12-19)24(26,27)28)11-20-21(32)29-23(34)31(22(20)33)18-8-6-17(25)7-9-18/h3-12H,1-2H3,(H,29,32,34)/b20-11+. The number of nitrogens with zero attached hydrogens (tertiary/aromatic N) is 2. The van der Waals surface area contributed by atoms with Crippen molar-refractivity contribution < 1.29 is 22.8 Å². The van der Waals surface area contributed by atoms with Gasteiger partial charge in [0.1, 0.15) is 5.57 Å². The summed E-state index contributed by atoms with van der Waals surface area (Å²) in [4.78, 5) is 27.0. The van der Waals surface area contributed by atoms with E-state index in [4.69, 9.17) is 23.8 Å². The molecule has 2 amide bonds. The van der Waals surface area contributed by atoms with E-state index in [1.165, 1.54) is 17.0 Å². The van der Waals surface area contributed by atoms with Crippen molar-refractivity contribution >= 4 is 52.5 Å². The Bertz CT molecular complexity index is 1360. The van der Waals surface area contributed by atoms with Gasteiger partial charge in [-0.05, 0) is 86.2 Å². The van der Waals surface area contributed by atoms with Gasteiger partial charge in [0, 0.05) is 22.1 Å². The summed E-state index contributed by atoms with van der Waals surface area (Å²) in [6, 6.07) is 13.0. The van der Waals surface area contributed by atoms with Crippen molar-refractivity contribution in [2.45, 2.75) is 20.0 Å². The molecule has 0 unspecified atom stereocenters. The summed E-state index contributed by atoms with van der Waals surface area (Å²) in [5, 5.41) is 2.91. The summed E-state index contributed by atoms with van der Waals surface area (Å²) in [5.41, 5.74) is 1.53. The number of hydrogen-bond donors (Lipinski definition) is 1. The molecular weight excluding hydrogens is 487 g/mol. The number of carbonyl (C=O) groups excluding carboxylic acids is 2. The molecule has 1 aliphatic rings. The number of nitrogens with one attached hydrogen (secondary N) is 1. The highest BCUT2D eigenvalue weighted by atomic mass is 35.5. The number of benzene rings is 2. The third kappa shape index (κ3) is 4.36. The molecule has 2 aromatic carbocycles. The van der Waals surface area contributed by atoms with E-state index in [0.29, 0.717) is 33.3 Å². The molecule has 10 heteroatoms. The first kappa shape index (κ1) is 23.7. The Balaban J connectivity index is 1.76. The number of thiocarbonyl (C=S) groups is 1. The van der Waals surface area contributed by atoms with Crippen molar-refractivity contribution in [1.82, 2.24) is 9.88 Å². The third-order valence-corrected chi connectivity index (χ3v) is 5.92. The lowest BCUT2D eigenvalue weighted by Gasteiger charge is -2.28. The number of hydrogen-bond acceptors (Lipinski definition) is 3. The Morgan fingerprint density at radius 3 is 2.32 bits per heavy atom. The monoisotopic (exact) mass is 503 g/mol. The van der Waals surface area contributed by atoms with E-state index in [9.17, 15) is 22.8 Å². The van der Waals surface area contributed by atoms with Crippen LogP contribution in [0.3, 0.4) is 0 Å². The fourth-order valence-electron chi connectivity index (χ4n) is 3.79. The molecule has 4 rings (SSSR count). The Hall–Kier alpha value is -3.43. The Labute approximate surface area is 203 Å². The normalized spacial score (nSPS) is 15.8. The lowest BCUT2D eigenvalue weighted by molar-refractivity contribution is -0.137. The molecule has 0 radical (unpaired) electrons. The largest absolute Gasteiger partial charge is 0.416 e. The molecule has 1 aromatic heterocycles. The van der Waals surface area contributed by atoms with Crippen molar-refractivity contribution in [3.05, 3.63) is 87.7 Å². The molecule has 5 nitrogen and oxygen atoms in total. The second-order valence-electron chi connectivity index (χ2n) is 7.64. The molecule has 0 aliphatic carbocycles. The number of amides is 2. The number of alkyl halides is 3. The van der Waals surface area contributed by atoms with E-state index in [1.54, 1.807) is 54.8 Å². The highest BCUT2D eigenvalue weighted by Crippen LogP contribution is 2.32. The number of aromatic nitrogens is 1. The zero-order valence-electron chi connectivity index (χ0n) is 17.9. The van der Waals surface area contributed by atoms with E-state index in [1.807, 2.05) is 0 Å². The molecule has 3 aromatic rings. The fraction of sp³-hybridized carbons (Fsp3) is 0.125. The van der Waals surface area contributed by atoms with Crippen LogP contribution >= 0.6 is 23.8 Å². The summed E-state index contributed by atoms with van der Waals surface area (Å²) in [6.45, 7) is 3.43. The Morgan fingerprint density at radius 2 is 1.68 bits per heavy atom. The lowest BCUT2D eigenvalue weighted by Crippen LogP contribution is -2.54. The quantitative estimate of drug-likeness (QED) is 0.288. The van der Waals surface area contributed by atoms with Crippen LogP contribution in [0.15, 0.2) is 60.2 Å². The molecule has 0 saturated carbocycles. The van der Waals surface area contributed by atoms with Gasteiger partial charge in [-0.25, -0.2) is 0 Å². The van der Waals surface area contributed by atoms with Crippen molar-refractivity contribution in [2.75, 3.05) is 4.90 Å². The van der Waals surface area contributed by atoms with Crippen LogP contribution in [0.1, 0.15) is 22.5 Å². The SMILES string of the molecule is Cc1cc(/C=C2\C(=O)NC(=S)N(c3ccc(Cl)cc3)C2=O)c(C)n1-c1cccc(C(F)(F)F)c1. The highest BCUT2D eigenvalue weighted by Gasteiger charge is 2.35. The van der Waals surface area contributed by atoms with Crippen molar-refractivity contribution in [3.8, 4) is 5.69 Å². The fourth-order valence-corrected chi connectivity index (χ4v) is 4.20. The van der Waals surface area contributed by atoms with Crippen molar-refractivity contribution in [3.63, 3.8) is 0 Å². The van der Waals surface area contributed by atoms with Gasteiger partial charge in [0.25, 0.3) is 11.8 Å². The van der Waals surface area contributed by atoms with Crippen molar-refractivity contribution in [1.29, 1.82) is 0 Å². The van der Waals surface area contributed by atoms with Crippen LogP contribution in [-0.4, -0.2) is 21.5 Å². The minimum atomic E-state index is -4.48. The van der Waals surface area contributed by atoms with Crippen LogP contribution in [0.2, 0.25) is 5.02 Å². The van der Waals surface area contributed by atoms with Gasteiger partial charge in [0.2, 0.25) is 0 Å². The van der Waals surface area contributed by atoms with E-state index in [0.717, 1.165) is 12.1 Å². The van der Waals surface area contributed by atoms with Crippen LogP contribution in [0.5, 0.6) is 0 Å². The molecule has 34 heavy (non-hydrogen) atoms. The first-order chi connectivity index (χ1) is 16.0. The third-order valence-electron chi connectivity index (χ3n) is 5.39. The number of carbonyl (C=O) groups is 2. The molecule has 1 aliphatic heterocycles. The summed E-state index contributed by atoms with van der Waals surface area (Å²) in [7, 11) is 0. The predicted octanol–water partition coefficient (Wildman–Crippen LogP) is 5.60. The molecule has 1 saturated heterocycles. The highest BCUT2D eigenvalue weighted by molar-refractivity contribution is 7.80. The van der Waals surface area contributed by atoms with Gasteiger partial charge in [-0.3, -0.25) is 19.8 Å². The molecule has 2 heterocycles. The molecule has 0 bridgehead atoms. The second kappa shape index (κ2) is 8.73. The van der Waals surface area contributed by atoms with Gasteiger partial charge < -0.3 is 4.57 Å². The van der Waals surface area contributed by atoms with Gasteiger partial charge in [0.15, 0.2) is 5.11 Å². The van der Waals surface area contributed by atoms with Gasteiger partial charge in [-0.2, -0.15) is 13.2 Å². The number of halogens is 4. The molecule has 0 spiro atoms. The minimum absolute atomic E-state index is 0.0658. The first-order valence-corrected chi connectivity index (χ1v) is 10.8. The summed E-state index contributed by atoms with van der Waals surface area (Å²) < 4.78 is 41.2. The van der Waals surface area contributed by atoms with E-state index in [-0.39, 0.29) is 10.7 Å².